The number of carbonyl (C=O) groups excluding carboxylic acids is 2. The molecule has 8 heteroatoms. The quantitative estimate of drug-likeness (QED) is 0.719. The molecule has 0 spiro atoms. The lowest BCUT2D eigenvalue weighted by molar-refractivity contribution is -0.119. The van der Waals surface area contributed by atoms with Gasteiger partial charge in [0, 0.05) is 16.5 Å². The van der Waals surface area contributed by atoms with Gasteiger partial charge in [0.2, 0.25) is 0 Å². The first-order valence-corrected chi connectivity index (χ1v) is 10.3. The Labute approximate surface area is 163 Å². The number of benzene rings is 2. The van der Waals surface area contributed by atoms with E-state index < -0.39 is 24.3 Å². The molecule has 0 aliphatic carbocycles. The number of anilines is 1. The van der Waals surface area contributed by atoms with Crippen molar-refractivity contribution < 1.29 is 18.7 Å². The molecule has 4 nitrogen and oxygen atoms in total. The van der Waals surface area contributed by atoms with Crippen molar-refractivity contribution in [3.8, 4) is 0 Å². The number of nitrogens with one attached hydrogen (secondary N) is 1. The van der Waals surface area contributed by atoms with Crippen LogP contribution in [-0.2, 0) is 9.53 Å². The van der Waals surface area contributed by atoms with Crippen LogP contribution in [0.2, 0.25) is 5.02 Å². The van der Waals surface area contributed by atoms with E-state index in [-0.39, 0.29) is 10.7 Å². The zero-order chi connectivity index (χ0) is 18.5. The van der Waals surface area contributed by atoms with Gasteiger partial charge >= 0.3 is 5.97 Å². The van der Waals surface area contributed by atoms with Crippen LogP contribution >= 0.6 is 35.1 Å². The molecule has 136 valence electrons. The van der Waals surface area contributed by atoms with E-state index in [0.717, 1.165) is 23.1 Å². The van der Waals surface area contributed by atoms with Crippen LogP contribution in [0.4, 0.5) is 10.1 Å². The molecule has 1 heterocycles. The van der Waals surface area contributed by atoms with Crippen LogP contribution in [0.1, 0.15) is 20.5 Å². The molecular weight excluding hydrogens is 397 g/mol. The standard InChI is InChI=1S/C18H15ClFNO3S2/c19-13-5-6-15(14(20)9-13)21-16(22)10-24-17(23)11-1-3-12(4-2-11)18-25-7-8-26-18/h1-6,9,18H,7-8,10H2,(H,21,22). The summed E-state index contributed by atoms with van der Waals surface area (Å²) >= 11 is 9.42. The highest BCUT2D eigenvalue weighted by molar-refractivity contribution is 8.19. The summed E-state index contributed by atoms with van der Waals surface area (Å²) < 4.78 is 19.0. The normalized spacial score (nSPS) is 14.2. The second kappa shape index (κ2) is 8.79. The molecule has 0 saturated carbocycles. The molecule has 0 radical (unpaired) electrons. The van der Waals surface area contributed by atoms with Crippen molar-refractivity contribution >= 4 is 52.7 Å². The fourth-order valence-corrected chi connectivity index (χ4v) is 5.34. The highest BCUT2D eigenvalue weighted by Crippen LogP contribution is 2.45. The van der Waals surface area contributed by atoms with Crippen LogP contribution in [0.25, 0.3) is 0 Å². The van der Waals surface area contributed by atoms with Crippen molar-refractivity contribution in [1.29, 1.82) is 0 Å². The Morgan fingerprint density at radius 1 is 1.15 bits per heavy atom. The van der Waals surface area contributed by atoms with Crippen molar-refractivity contribution in [1.82, 2.24) is 0 Å². The third-order valence-corrected chi connectivity index (χ3v) is 6.92. The minimum Gasteiger partial charge on any atom is -0.452 e. The maximum Gasteiger partial charge on any atom is 0.338 e. The van der Waals surface area contributed by atoms with E-state index >= 15 is 0 Å². The third-order valence-electron chi connectivity index (χ3n) is 3.58. The fourth-order valence-electron chi connectivity index (χ4n) is 2.32. The van der Waals surface area contributed by atoms with E-state index in [0.29, 0.717) is 10.1 Å². The van der Waals surface area contributed by atoms with Gasteiger partial charge in [-0.2, -0.15) is 0 Å². The molecule has 0 aromatic heterocycles. The summed E-state index contributed by atoms with van der Waals surface area (Å²) in [5.41, 5.74) is 1.50. The topological polar surface area (TPSA) is 55.4 Å². The van der Waals surface area contributed by atoms with Crippen molar-refractivity contribution in [2.24, 2.45) is 0 Å². The molecule has 1 saturated heterocycles. The minimum absolute atomic E-state index is 0.0219. The summed E-state index contributed by atoms with van der Waals surface area (Å²) in [5, 5.41) is 2.56. The fraction of sp³-hybridized carbons (Fsp3) is 0.222. The summed E-state index contributed by atoms with van der Waals surface area (Å²) in [6.45, 7) is -0.503. The summed E-state index contributed by atoms with van der Waals surface area (Å²) in [6.07, 6.45) is 0. The van der Waals surface area contributed by atoms with Gasteiger partial charge in [-0.25, -0.2) is 9.18 Å². The average Bonchev–Trinajstić information content (AvgIpc) is 3.17. The van der Waals surface area contributed by atoms with Gasteiger partial charge in [0.1, 0.15) is 5.82 Å². The lowest BCUT2D eigenvalue weighted by Crippen LogP contribution is -2.21. The van der Waals surface area contributed by atoms with Gasteiger partial charge in [0.15, 0.2) is 6.61 Å². The molecule has 0 atom stereocenters. The van der Waals surface area contributed by atoms with Crippen LogP contribution in [0, 0.1) is 5.82 Å². The highest BCUT2D eigenvalue weighted by atomic mass is 35.5. The Balaban J connectivity index is 1.52. The summed E-state index contributed by atoms with van der Waals surface area (Å²) in [7, 11) is 0. The second-order valence-corrected chi connectivity index (χ2v) is 8.60. The third kappa shape index (κ3) is 4.93. The van der Waals surface area contributed by atoms with Crippen molar-refractivity contribution in [3.63, 3.8) is 0 Å². The van der Waals surface area contributed by atoms with Gasteiger partial charge in [0.25, 0.3) is 5.91 Å². The number of amides is 1. The molecule has 3 rings (SSSR count). The maximum absolute atomic E-state index is 13.6. The monoisotopic (exact) mass is 411 g/mol. The van der Waals surface area contributed by atoms with E-state index in [1.165, 1.54) is 12.1 Å². The van der Waals surface area contributed by atoms with E-state index in [9.17, 15) is 14.0 Å². The van der Waals surface area contributed by atoms with Gasteiger partial charge in [-0.15, -0.1) is 23.5 Å². The molecule has 0 bridgehead atoms. The lowest BCUT2D eigenvalue weighted by Gasteiger charge is -2.10. The Kier molecular flexibility index (Phi) is 6.45. The SMILES string of the molecule is O=C(COC(=O)c1ccc(C2SCCS2)cc1)Nc1ccc(Cl)cc1F. The maximum atomic E-state index is 13.6. The van der Waals surface area contributed by atoms with Crippen molar-refractivity contribution in [3.05, 3.63) is 64.4 Å². The molecule has 1 aliphatic rings. The van der Waals surface area contributed by atoms with Crippen molar-refractivity contribution in [2.75, 3.05) is 23.4 Å². The molecule has 2 aromatic rings. The Hall–Kier alpha value is -1.70. The molecule has 1 fully saturated rings. The first-order valence-electron chi connectivity index (χ1n) is 7.78. The van der Waals surface area contributed by atoms with E-state index in [1.54, 1.807) is 12.1 Å². The minimum atomic E-state index is -0.657. The molecule has 1 aliphatic heterocycles. The van der Waals surface area contributed by atoms with Crippen molar-refractivity contribution in [2.45, 2.75) is 4.58 Å². The number of ether oxygens (including phenoxy) is 1. The van der Waals surface area contributed by atoms with Crippen LogP contribution in [-0.4, -0.2) is 30.0 Å². The number of halogens is 2. The average molecular weight is 412 g/mol. The Morgan fingerprint density at radius 3 is 2.50 bits per heavy atom. The largest absolute Gasteiger partial charge is 0.452 e. The Morgan fingerprint density at radius 2 is 1.85 bits per heavy atom. The lowest BCUT2D eigenvalue weighted by atomic mass is 10.1. The van der Waals surface area contributed by atoms with Gasteiger partial charge in [-0.3, -0.25) is 4.79 Å². The molecular formula is C18H15ClFNO3S2. The predicted molar refractivity (Wildman–Crippen MR) is 104 cm³/mol. The van der Waals surface area contributed by atoms with E-state index in [4.69, 9.17) is 16.3 Å². The molecule has 1 N–H and O–H groups in total. The number of esters is 1. The van der Waals surface area contributed by atoms with E-state index in [2.05, 4.69) is 5.32 Å². The number of rotatable bonds is 5. The number of hydrogen-bond acceptors (Lipinski definition) is 5. The van der Waals surface area contributed by atoms with Gasteiger partial charge in [-0.1, -0.05) is 23.7 Å². The predicted octanol–water partition coefficient (Wildman–Crippen LogP) is 4.75. The van der Waals surface area contributed by atoms with Gasteiger partial charge < -0.3 is 10.1 Å². The summed E-state index contributed by atoms with van der Waals surface area (Å²) in [4.78, 5) is 23.9. The second-order valence-electron chi connectivity index (χ2n) is 5.44. The van der Waals surface area contributed by atoms with Crippen LogP contribution < -0.4 is 5.32 Å². The number of thioether (sulfide) groups is 2. The van der Waals surface area contributed by atoms with Crippen LogP contribution in [0.15, 0.2) is 42.5 Å². The zero-order valence-corrected chi connectivity index (χ0v) is 15.9. The van der Waals surface area contributed by atoms with Gasteiger partial charge in [-0.05, 0) is 35.9 Å². The first kappa shape index (κ1) is 19.1. The Bertz CT molecular complexity index is 811. The molecule has 1 amide bonds. The first-order chi connectivity index (χ1) is 12.5. The summed E-state index contributed by atoms with van der Waals surface area (Å²) in [6, 6.07) is 11.1. The molecule has 2 aromatic carbocycles. The van der Waals surface area contributed by atoms with Crippen LogP contribution in [0.3, 0.4) is 0 Å². The van der Waals surface area contributed by atoms with Crippen LogP contribution in [0.5, 0.6) is 0 Å². The molecule has 26 heavy (non-hydrogen) atoms. The number of carbonyl (C=O) groups is 2. The van der Waals surface area contributed by atoms with E-state index in [1.807, 2.05) is 35.7 Å². The zero-order valence-electron chi connectivity index (χ0n) is 13.5. The smallest absolute Gasteiger partial charge is 0.338 e. The summed E-state index contributed by atoms with van der Waals surface area (Å²) in [5.74, 6) is 0.366. The van der Waals surface area contributed by atoms with Gasteiger partial charge in [0.05, 0.1) is 15.8 Å². The molecule has 0 unspecified atom stereocenters. The highest BCUT2D eigenvalue weighted by Gasteiger charge is 2.19. The number of hydrogen-bond donors (Lipinski definition) is 1.